The van der Waals surface area contributed by atoms with E-state index in [9.17, 15) is 4.79 Å². The molecular weight excluding hydrogens is 380 g/mol. The molecule has 30 heavy (non-hydrogen) atoms. The summed E-state index contributed by atoms with van der Waals surface area (Å²) in [5, 5.41) is 8.03. The number of carbonyl (C=O) groups is 1. The Balaban J connectivity index is 1.41. The summed E-state index contributed by atoms with van der Waals surface area (Å²) in [4.78, 5) is 16.9. The lowest BCUT2D eigenvalue weighted by Crippen LogP contribution is -2.14. The molecule has 0 saturated carbocycles. The summed E-state index contributed by atoms with van der Waals surface area (Å²) >= 11 is 0. The van der Waals surface area contributed by atoms with E-state index in [2.05, 4.69) is 21.5 Å². The van der Waals surface area contributed by atoms with Crippen LogP contribution in [0, 0.1) is 13.8 Å². The third-order valence-corrected chi connectivity index (χ3v) is 4.58. The number of ether oxygens (including phenoxy) is 2. The van der Waals surface area contributed by atoms with Gasteiger partial charge in [0.05, 0.1) is 24.5 Å². The quantitative estimate of drug-likeness (QED) is 0.519. The average Bonchev–Trinajstić information content (AvgIpc) is 3.20. The predicted molar refractivity (Wildman–Crippen MR) is 115 cm³/mol. The Morgan fingerprint density at radius 3 is 2.60 bits per heavy atom. The van der Waals surface area contributed by atoms with Crippen LogP contribution in [0.5, 0.6) is 11.5 Å². The molecule has 0 spiro atoms. The number of pyridine rings is 1. The SMILES string of the molecule is COc1ccc2cc(NC(=O)c3ccn(COc4cc(C)cc(C)c4)n3)cnc2c1. The van der Waals surface area contributed by atoms with Gasteiger partial charge < -0.3 is 14.8 Å². The number of benzene rings is 2. The molecule has 0 saturated heterocycles. The van der Waals surface area contributed by atoms with Crippen LogP contribution in [0.3, 0.4) is 0 Å². The zero-order valence-corrected chi connectivity index (χ0v) is 17.0. The normalized spacial score (nSPS) is 10.8. The monoisotopic (exact) mass is 402 g/mol. The molecule has 0 aliphatic carbocycles. The Hall–Kier alpha value is -3.87. The number of hydrogen-bond acceptors (Lipinski definition) is 5. The first-order chi connectivity index (χ1) is 14.5. The Morgan fingerprint density at radius 1 is 1.03 bits per heavy atom. The van der Waals surface area contributed by atoms with Crippen LogP contribution in [0.4, 0.5) is 5.69 Å². The van der Waals surface area contributed by atoms with Crippen LogP contribution in [-0.4, -0.2) is 27.8 Å². The van der Waals surface area contributed by atoms with Crippen LogP contribution in [-0.2, 0) is 6.73 Å². The van der Waals surface area contributed by atoms with Crippen molar-refractivity contribution in [2.45, 2.75) is 20.6 Å². The highest BCUT2D eigenvalue weighted by atomic mass is 16.5. The molecular formula is C23H22N4O3. The molecule has 2 aromatic carbocycles. The van der Waals surface area contributed by atoms with Crippen LogP contribution in [0.15, 0.2) is 60.9 Å². The molecule has 1 N–H and O–H groups in total. The van der Waals surface area contributed by atoms with Crippen molar-refractivity contribution in [1.29, 1.82) is 0 Å². The molecule has 2 heterocycles. The highest BCUT2D eigenvalue weighted by Crippen LogP contribution is 2.22. The van der Waals surface area contributed by atoms with Crippen molar-refractivity contribution in [2.24, 2.45) is 0 Å². The number of methoxy groups -OCH3 is 1. The summed E-state index contributed by atoms with van der Waals surface area (Å²) in [5.74, 6) is 1.20. The fourth-order valence-corrected chi connectivity index (χ4v) is 3.20. The molecule has 0 radical (unpaired) electrons. The standard InChI is InChI=1S/C23H22N4O3/c1-15-8-16(2)10-20(9-15)30-14-27-7-6-21(26-27)23(28)25-18-11-17-4-5-19(29-3)12-22(17)24-13-18/h4-13H,14H2,1-3H3,(H,25,28). The molecule has 0 aliphatic rings. The second-order valence-corrected chi connectivity index (χ2v) is 7.07. The van der Waals surface area contributed by atoms with Crippen molar-refractivity contribution in [3.05, 3.63) is 77.7 Å². The van der Waals surface area contributed by atoms with Gasteiger partial charge in [0.1, 0.15) is 11.5 Å². The summed E-state index contributed by atoms with van der Waals surface area (Å²) in [6.07, 6.45) is 3.32. The Labute approximate surface area is 174 Å². The first kappa shape index (κ1) is 19.4. The Kier molecular flexibility index (Phi) is 5.34. The van der Waals surface area contributed by atoms with Crippen LogP contribution in [0.25, 0.3) is 10.9 Å². The van der Waals surface area contributed by atoms with E-state index < -0.39 is 0 Å². The van der Waals surface area contributed by atoms with E-state index in [4.69, 9.17) is 9.47 Å². The Bertz CT molecular complexity index is 1200. The van der Waals surface area contributed by atoms with Crippen molar-refractivity contribution in [3.8, 4) is 11.5 Å². The number of rotatable bonds is 6. The molecule has 7 heteroatoms. The van der Waals surface area contributed by atoms with E-state index in [1.54, 1.807) is 30.3 Å². The number of nitrogens with zero attached hydrogens (tertiary/aromatic N) is 3. The summed E-state index contributed by atoms with van der Waals surface area (Å²) in [6.45, 7) is 4.26. The first-order valence-electron chi connectivity index (χ1n) is 9.50. The third-order valence-electron chi connectivity index (χ3n) is 4.58. The van der Waals surface area contributed by atoms with Crippen LogP contribution in [0.1, 0.15) is 21.6 Å². The maximum Gasteiger partial charge on any atom is 0.276 e. The fraction of sp³-hybridized carbons (Fsp3) is 0.174. The average molecular weight is 402 g/mol. The lowest BCUT2D eigenvalue weighted by atomic mass is 10.1. The van der Waals surface area contributed by atoms with Gasteiger partial charge in [-0.25, -0.2) is 4.68 Å². The minimum Gasteiger partial charge on any atom is -0.497 e. The number of aryl methyl sites for hydroxylation is 2. The minimum atomic E-state index is -0.310. The van der Waals surface area contributed by atoms with Gasteiger partial charge >= 0.3 is 0 Å². The second-order valence-electron chi connectivity index (χ2n) is 7.07. The van der Waals surface area contributed by atoms with E-state index in [0.29, 0.717) is 11.4 Å². The second kappa shape index (κ2) is 8.24. The Morgan fingerprint density at radius 2 is 1.83 bits per heavy atom. The largest absolute Gasteiger partial charge is 0.497 e. The van der Waals surface area contributed by atoms with Gasteiger partial charge in [0, 0.05) is 17.6 Å². The van der Waals surface area contributed by atoms with E-state index in [0.717, 1.165) is 33.5 Å². The number of amides is 1. The highest BCUT2D eigenvalue weighted by Gasteiger charge is 2.11. The smallest absolute Gasteiger partial charge is 0.276 e. The lowest BCUT2D eigenvalue weighted by molar-refractivity contribution is 0.102. The van der Waals surface area contributed by atoms with E-state index in [1.807, 2.05) is 50.2 Å². The van der Waals surface area contributed by atoms with Gasteiger partial charge in [-0.1, -0.05) is 6.07 Å². The van der Waals surface area contributed by atoms with Crippen molar-refractivity contribution in [3.63, 3.8) is 0 Å². The van der Waals surface area contributed by atoms with Gasteiger partial charge in [-0.2, -0.15) is 5.10 Å². The van der Waals surface area contributed by atoms with Crippen LogP contribution < -0.4 is 14.8 Å². The van der Waals surface area contributed by atoms with Crippen molar-refractivity contribution >= 4 is 22.5 Å². The van der Waals surface area contributed by atoms with Crippen LogP contribution >= 0.6 is 0 Å². The molecule has 0 unspecified atom stereocenters. The number of anilines is 1. The molecule has 7 nitrogen and oxygen atoms in total. The van der Waals surface area contributed by atoms with E-state index >= 15 is 0 Å². The van der Waals surface area contributed by atoms with Crippen molar-refractivity contribution in [1.82, 2.24) is 14.8 Å². The molecule has 2 aromatic heterocycles. The maximum absolute atomic E-state index is 12.6. The van der Waals surface area contributed by atoms with Gasteiger partial charge in [0.15, 0.2) is 12.4 Å². The van der Waals surface area contributed by atoms with Crippen molar-refractivity contribution < 1.29 is 14.3 Å². The number of nitrogens with one attached hydrogen (secondary N) is 1. The number of carbonyl (C=O) groups excluding carboxylic acids is 1. The molecule has 0 fully saturated rings. The summed E-state index contributed by atoms with van der Waals surface area (Å²) in [6, 6.07) is 15.1. The minimum absolute atomic E-state index is 0.218. The lowest BCUT2D eigenvalue weighted by Gasteiger charge is -2.08. The van der Waals surface area contributed by atoms with Gasteiger partial charge in [-0.3, -0.25) is 9.78 Å². The molecule has 0 atom stereocenters. The van der Waals surface area contributed by atoms with Crippen molar-refractivity contribution in [2.75, 3.05) is 12.4 Å². The van der Waals surface area contributed by atoms with E-state index in [-0.39, 0.29) is 12.6 Å². The molecule has 4 aromatic rings. The molecule has 0 bridgehead atoms. The van der Waals surface area contributed by atoms with Gasteiger partial charge in [0.25, 0.3) is 5.91 Å². The zero-order valence-electron chi connectivity index (χ0n) is 17.0. The molecule has 1 amide bonds. The maximum atomic E-state index is 12.6. The number of aromatic nitrogens is 3. The van der Waals surface area contributed by atoms with Gasteiger partial charge in [-0.05, 0) is 61.4 Å². The number of hydrogen-bond donors (Lipinski definition) is 1. The van der Waals surface area contributed by atoms with Gasteiger partial charge in [-0.15, -0.1) is 0 Å². The van der Waals surface area contributed by atoms with Gasteiger partial charge in [0.2, 0.25) is 0 Å². The predicted octanol–water partition coefficient (Wildman–Crippen LogP) is 4.35. The van der Waals surface area contributed by atoms with E-state index in [1.165, 1.54) is 0 Å². The molecule has 152 valence electrons. The summed E-state index contributed by atoms with van der Waals surface area (Å²) in [7, 11) is 1.61. The third kappa shape index (κ3) is 4.41. The molecule has 4 rings (SSSR count). The first-order valence-corrected chi connectivity index (χ1v) is 9.50. The topological polar surface area (TPSA) is 78.3 Å². The fourth-order valence-electron chi connectivity index (χ4n) is 3.20. The highest BCUT2D eigenvalue weighted by molar-refractivity contribution is 6.03. The summed E-state index contributed by atoms with van der Waals surface area (Å²) < 4.78 is 12.6. The number of fused-ring (bicyclic) bond motifs is 1. The van der Waals surface area contributed by atoms with Crippen LogP contribution in [0.2, 0.25) is 0 Å². The zero-order chi connectivity index (χ0) is 21.1. The summed E-state index contributed by atoms with van der Waals surface area (Å²) in [5.41, 5.74) is 3.95. The molecule has 0 aliphatic heterocycles.